The first-order chi connectivity index (χ1) is 43.1. The van der Waals surface area contributed by atoms with Crippen molar-refractivity contribution in [2.75, 3.05) is 87.8 Å². The van der Waals surface area contributed by atoms with Gasteiger partial charge < -0.3 is 75.1 Å². The number of nitrogens with zero attached hydrogens (tertiary/aromatic N) is 8. The lowest BCUT2D eigenvalue weighted by Gasteiger charge is -2.37. The fourth-order valence-electron chi connectivity index (χ4n) is 11.2. The van der Waals surface area contributed by atoms with E-state index in [2.05, 4.69) is 31.2 Å². The van der Waals surface area contributed by atoms with E-state index in [1.54, 1.807) is 64.1 Å². The molecule has 29 heteroatoms. The standard InChI is InChI=1S/C62H80N12O17/c1-33(2)53-61(87)90-31-41(67-57(83)51-45(75)25-36-23-35(5)17-19-39(36)65-51)59(85)73-21-13-11-15-43(73)55(81)63-27-47(77)70(7)30-50(80)72(9)54(34(3)4)62(88)91-32-42(68-58(84)52-46(76)26-37-24-38(89-10)18-20-40(37)66-52)60(86)74-22-14-12-16-44(74)56(82)64-28-48(78)69(6)29-49(79)71(53)8/h17-20,23-26,33-34,41-44,53-54,75-76H,11-16,21-22,27-32H2,1-10H3,(H,63,81)(H,64,82)(H,67,83)(H,68,84)/t41?,42?,43-,44-,53?,54?/m0/s1. The average Bonchev–Trinajstić information content (AvgIpc) is 2.99. The molecule has 0 spiro atoms. The van der Waals surface area contributed by atoms with Gasteiger partial charge in [0.15, 0.2) is 11.4 Å². The fraction of sp³-hybridized carbons (Fsp3) is 0.516. The molecule has 4 unspecified atom stereocenters. The van der Waals surface area contributed by atoms with Gasteiger partial charge >= 0.3 is 11.9 Å². The van der Waals surface area contributed by atoms with Gasteiger partial charge in [-0.2, -0.15) is 0 Å². The number of carbonyl (C=O) groups excluding carboxylic acids is 12. The number of rotatable bonds is 7. The minimum atomic E-state index is -1.75. The predicted molar refractivity (Wildman–Crippen MR) is 325 cm³/mol. The minimum absolute atomic E-state index is 0.0272. The number of nitrogens with one attached hydrogen (secondary N) is 4. The monoisotopic (exact) mass is 1260 g/mol. The molecule has 29 nitrogen and oxygen atoms in total. The van der Waals surface area contributed by atoms with E-state index in [1.807, 2.05) is 6.92 Å². The van der Waals surface area contributed by atoms with Crippen LogP contribution >= 0.6 is 0 Å². The fourth-order valence-corrected chi connectivity index (χ4v) is 11.2. The maximum absolute atomic E-state index is 14.8. The molecule has 91 heavy (non-hydrogen) atoms. The van der Waals surface area contributed by atoms with Crippen molar-refractivity contribution in [2.24, 2.45) is 11.8 Å². The van der Waals surface area contributed by atoms with Crippen molar-refractivity contribution in [1.29, 1.82) is 0 Å². The number of hydrogen-bond donors (Lipinski definition) is 6. The Hall–Kier alpha value is -9.70. The second-order valence-corrected chi connectivity index (χ2v) is 23.7. The smallest absolute Gasteiger partial charge is 0.329 e. The van der Waals surface area contributed by atoms with Gasteiger partial charge in [0.2, 0.25) is 47.3 Å². The maximum atomic E-state index is 14.8. The SMILES string of the molecule is COc1ccc2nc(C(=O)NC3COC(=O)C(C(C)C)N(C)C(=O)CN(C)C(=O)CNC(=O)[C@@H]4CCCCN4C(=O)C(NC(=O)c4nc5ccc(C)cc5cc4O)COC(=O)C(C(C)C)N(C)C(=O)CN(C)C(=O)CNC(=O)[C@@H]4CCCCN4C3=O)c(O)cc2c1. The highest BCUT2D eigenvalue weighted by Gasteiger charge is 2.42. The van der Waals surface area contributed by atoms with Crippen LogP contribution in [0.5, 0.6) is 17.2 Å². The van der Waals surface area contributed by atoms with Crippen LogP contribution in [0, 0.1) is 18.8 Å². The minimum Gasteiger partial charge on any atom is -0.505 e. The van der Waals surface area contributed by atoms with E-state index >= 15 is 0 Å². The summed E-state index contributed by atoms with van der Waals surface area (Å²) in [5, 5.41) is 33.1. The number of pyridine rings is 2. The van der Waals surface area contributed by atoms with Crippen molar-refractivity contribution < 1.29 is 82.0 Å². The van der Waals surface area contributed by atoms with Crippen LogP contribution < -0.4 is 26.0 Å². The van der Waals surface area contributed by atoms with Crippen LogP contribution in [0.3, 0.4) is 0 Å². The van der Waals surface area contributed by atoms with Gasteiger partial charge in [0, 0.05) is 52.1 Å². The number of hydrogen-bond acceptors (Lipinski definition) is 19. The molecule has 2 aromatic carbocycles. The van der Waals surface area contributed by atoms with E-state index in [4.69, 9.17) is 14.2 Å². The van der Waals surface area contributed by atoms with E-state index in [1.165, 1.54) is 52.3 Å². The molecule has 7 rings (SSSR count). The van der Waals surface area contributed by atoms with Crippen LogP contribution in [0.15, 0.2) is 48.5 Å². The number of esters is 2. The van der Waals surface area contributed by atoms with Gasteiger partial charge in [0.25, 0.3) is 11.8 Å². The van der Waals surface area contributed by atoms with E-state index in [-0.39, 0.29) is 31.4 Å². The summed E-state index contributed by atoms with van der Waals surface area (Å²) in [6.07, 6.45) is 1.88. The van der Waals surface area contributed by atoms with Crippen molar-refractivity contribution in [3.8, 4) is 17.2 Å². The normalized spacial score (nSPS) is 22.6. The number of methoxy groups -OCH3 is 1. The van der Waals surface area contributed by atoms with Crippen molar-refractivity contribution in [3.63, 3.8) is 0 Å². The Morgan fingerprint density at radius 2 is 0.989 bits per heavy atom. The van der Waals surface area contributed by atoms with E-state index < -0.39 is 181 Å². The van der Waals surface area contributed by atoms with Gasteiger partial charge in [0.1, 0.15) is 66.7 Å². The molecule has 4 aromatic rings. The summed E-state index contributed by atoms with van der Waals surface area (Å²) in [5.74, 6) is -12.5. The molecule has 10 amide bonds. The van der Waals surface area contributed by atoms with Crippen LogP contribution in [0.1, 0.15) is 92.8 Å². The maximum Gasteiger partial charge on any atom is 0.329 e. The average molecular weight is 1270 g/mol. The lowest BCUT2D eigenvalue weighted by atomic mass is 10.00. The number of fused-ring (bicyclic) bond motifs is 4. The zero-order valence-electron chi connectivity index (χ0n) is 52.7. The number of cyclic esters (lactones) is 2. The van der Waals surface area contributed by atoms with Crippen molar-refractivity contribution in [2.45, 2.75) is 109 Å². The van der Waals surface area contributed by atoms with Crippen LogP contribution in [0.2, 0.25) is 0 Å². The molecule has 3 saturated heterocycles. The third-order valence-electron chi connectivity index (χ3n) is 16.3. The first-order valence-corrected chi connectivity index (χ1v) is 30.0. The second-order valence-electron chi connectivity index (χ2n) is 23.7. The van der Waals surface area contributed by atoms with E-state index in [9.17, 15) is 67.7 Å². The summed E-state index contributed by atoms with van der Waals surface area (Å²) >= 11 is 0. The summed E-state index contributed by atoms with van der Waals surface area (Å²) < 4.78 is 16.8. The summed E-state index contributed by atoms with van der Waals surface area (Å²) in [6, 6.07) is 3.75. The van der Waals surface area contributed by atoms with Crippen LogP contribution in [0.25, 0.3) is 21.8 Å². The zero-order chi connectivity index (χ0) is 66.7. The summed E-state index contributed by atoms with van der Waals surface area (Å²) in [5.41, 5.74) is 0.481. The molecule has 3 fully saturated rings. The highest BCUT2D eigenvalue weighted by molar-refractivity contribution is 6.03. The number of carbonyl (C=O) groups is 12. The molecule has 3 aliphatic rings. The van der Waals surface area contributed by atoms with Gasteiger partial charge in [-0.05, 0) is 99.7 Å². The number of piperidine rings is 2. The third kappa shape index (κ3) is 16.6. The first kappa shape index (κ1) is 68.8. The van der Waals surface area contributed by atoms with Crippen LogP contribution in [-0.2, 0) is 57.4 Å². The summed E-state index contributed by atoms with van der Waals surface area (Å²) in [7, 11) is 6.59. The Balaban J connectivity index is 1.18. The van der Waals surface area contributed by atoms with E-state index in [0.717, 1.165) is 30.1 Å². The second kappa shape index (κ2) is 30.2. The zero-order valence-corrected chi connectivity index (χ0v) is 52.7. The Kier molecular flexibility index (Phi) is 22.8. The highest BCUT2D eigenvalue weighted by Crippen LogP contribution is 2.28. The number of aryl methyl sites for hydroxylation is 1. The number of amides is 10. The van der Waals surface area contributed by atoms with Crippen LogP contribution in [0.4, 0.5) is 0 Å². The van der Waals surface area contributed by atoms with Crippen molar-refractivity contribution in [1.82, 2.24) is 60.6 Å². The van der Waals surface area contributed by atoms with Crippen molar-refractivity contribution >= 4 is 92.8 Å². The molecule has 2 aromatic heterocycles. The molecule has 0 bridgehead atoms. The topological polar surface area (TPSA) is 366 Å². The van der Waals surface area contributed by atoms with Gasteiger partial charge in [-0.15, -0.1) is 0 Å². The first-order valence-electron chi connectivity index (χ1n) is 30.0. The number of likely N-dealkylation sites (N-methyl/N-ethyl adjacent to an activating group) is 4. The quantitative estimate of drug-likeness (QED) is 0.136. The molecule has 6 atom stereocenters. The van der Waals surface area contributed by atoms with E-state index in [0.29, 0.717) is 47.7 Å². The molecule has 6 N–H and O–H groups in total. The number of ether oxygens (including phenoxy) is 3. The molecule has 0 saturated carbocycles. The highest BCUT2D eigenvalue weighted by atomic mass is 16.5. The molecule has 490 valence electrons. The Morgan fingerprint density at radius 1 is 0.582 bits per heavy atom. The molecule has 0 radical (unpaired) electrons. The van der Waals surface area contributed by atoms with Gasteiger partial charge in [0.05, 0.1) is 44.3 Å². The van der Waals surface area contributed by atoms with Gasteiger partial charge in [-0.25, -0.2) is 19.6 Å². The Morgan fingerprint density at radius 3 is 1.40 bits per heavy atom. The predicted octanol–water partition coefficient (Wildman–Crippen LogP) is 0.386. The lowest BCUT2D eigenvalue weighted by molar-refractivity contribution is -0.159. The number of benzene rings is 2. The summed E-state index contributed by atoms with van der Waals surface area (Å²) in [4.78, 5) is 185. The Bertz CT molecular complexity index is 3490. The van der Waals surface area contributed by atoms with Crippen molar-refractivity contribution in [3.05, 3.63) is 65.5 Å². The third-order valence-corrected chi connectivity index (χ3v) is 16.3. The molecule has 5 heterocycles. The van der Waals surface area contributed by atoms with Crippen LogP contribution in [-0.4, -0.2) is 245 Å². The molecular formula is C62H80N12O17. The largest absolute Gasteiger partial charge is 0.505 e. The molecular weight excluding hydrogens is 1180 g/mol. The Labute approximate surface area is 525 Å². The van der Waals surface area contributed by atoms with Gasteiger partial charge in [-0.3, -0.25) is 47.9 Å². The molecule has 0 aliphatic carbocycles. The number of aromatic hydroxyl groups is 2. The number of aromatic nitrogens is 2. The summed E-state index contributed by atoms with van der Waals surface area (Å²) in [6.45, 7) is 3.91. The van der Waals surface area contributed by atoms with Gasteiger partial charge in [-0.1, -0.05) is 39.3 Å². The lowest BCUT2D eigenvalue weighted by Crippen LogP contribution is -2.59. The molecule has 3 aliphatic heterocycles.